The van der Waals surface area contributed by atoms with E-state index in [1.54, 1.807) is 48.5 Å². The number of ether oxygens (including phenoxy) is 1. The summed E-state index contributed by atoms with van der Waals surface area (Å²) in [7, 11) is -7.99. The number of carbonyl (C=O) groups excluding carboxylic acids is 1. The molecule has 3 aromatic carbocycles. The fourth-order valence-corrected chi connectivity index (χ4v) is 6.18. The highest BCUT2D eigenvalue weighted by Crippen LogP contribution is 2.26. The molecule has 40 heavy (non-hydrogen) atoms. The van der Waals surface area contributed by atoms with Crippen molar-refractivity contribution in [1.29, 1.82) is 0 Å². The maximum atomic E-state index is 13.6. The maximum absolute atomic E-state index is 13.6. The number of anilines is 3. The topological polar surface area (TPSA) is 135 Å². The van der Waals surface area contributed by atoms with Gasteiger partial charge in [0.25, 0.3) is 20.0 Å². The predicted molar refractivity (Wildman–Crippen MR) is 153 cm³/mol. The first-order valence-electron chi connectivity index (χ1n) is 12.2. The van der Waals surface area contributed by atoms with Gasteiger partial charge in [-0.05, 0) is 86.6 Å². The van der Waals surface area contributed by atoms with Crippen molar-refractivity contribution in [3.8, 4) is 5.75 Å². The van der Waals surface area contributed by atoms with Crippen molar-refractivity contribution in [2.24, 2.45) is 0 Å². The molecule has 0 fully saturated rings. The van der Waals surface area contributed by atoms with Gasteiger partial charge in [0.05, 0.1) is 34.0 Å². The Hall–Kier alpha value is -4.42. The summed E-state index contributed by atoms with van der Waals surface area (Å²) >= 11 is 0. The molecular weight excluding hydrogens is 552 g/mol. The molecule has 0 aliphatic carbocycles. The monoisotopic (exact) mass is 580 g/mol. The second-order valence-corrected chi connectivity index (χ2v) is 12.2. The van der Waals surface area contributed by atoms with Crippen LogP contribution >= 0.6 is 0 Å². The second-order valence-electron chi connectivity index (χ2n) is 8.67. The van der Waals surface area contributed by atoms with Gasteiger partial charge in [0.15, 0.2) is 0 Å². The molecule has 10 nitrogen and oxygen atoms in total. The first-order chi connectivity index (χ1) is 19.1. The van der Waals surface area contributed by atoms with Crippen LogP contribution in [0.25, 0.3) is 0 Å². The summed E-state index contributed by atoms with van der Waals surface area (Å²) in [5, 5.41) is 2.64. The van der Waals surface area contributed by atoms with Crippen LogP contribution < -0.4 is 19.1 Å². The number of benzene rings is 3. The highest BCUT2D eigenvalue weighted by Gasteiger charge is 2.27. The lowest BCUT2D eigenvalue weighted by Crippen LogP contribution is -2.38. The number of aromatic nitrogens is 1. The molecule has 12 heteroatoms. The number of rotatable bonds is 11. The van der Waals surface area contributed by atoms with Gasteiger partial charge in [0, 0.05) is 11.9 Å². The number of aryl methyl sites for hydroxylation is 1. The number of nitrogens with zero attached hydrogens (tertiary/aromatic N) is 2. The van der Waals surface area contributed by atoms with Gasteiger partial charge < -0.3 is 10.1 Å². The average molecular weight is 581 g/mol. The van der Waals surface area contributed by atoms with E-state index in [0.29, 0.717) is 29.4 Å². The van der Waals surface area contributed by atoms with Gasteiger partial charge >= 0.3 is 0 Å². The third-order valence-corrected chi connectivity index (χ3v) is 8.88. The summed E-state index contributed by atoms with van der Waals surface area (Å²) in [6, 6.07) is 21.4. The zero-order chi connectivity index (χ0) is 28.8. The summed E-state index contributed by atoms with van der Waals surface area (Å²) in [5.41, 5.74) is 1.86. The van der Waals surface area contributed by atoms with Crippen LogP contribution in [0.15, 0.2) is 107 Å². The zero-order valence-electron chi connectivity index (χ0n) is 21.8. The lowest BCUT2D eigenvalue weighted by atomic mass is 10.2. The summed E-state index contributed by atoms with van der Waals surface area (Å²) < 4.78 is 61.4. The van der Waals surface area contributed by atoms with Crippen LogP contribution in [0.4, 0.5) is 17.1 Å². The van der Waals surface area contributed by atoms with Gasteiger partial charge in [-0.1, -0.05) is 17.7 Å². The van der Waals surface area contributed by atoms with E-state index in [2.05, 4.69) is 15.0 Å². The highest BCUT2D eigenvalue weighted by atomic mass is 32.2. The highest BCUT2D eigenvalue weighted by molar-refractivity contribution is 7.93. The molecule has 0 saturated heterocycles. The molecule has 0 aliphatic heterocycles. The predicted octanol–water partition coefficient (Wildman–Crippen LogP) is 4.42. The molecule has 0 spiro atoms. The average Bonchev–Trinajstić information content (AvgIpc) is 2.93. The van der Waals surface area contributed by atoms with Crippen molar-refractivity contribution in [1.82, 2.24) is 4.98 Å². The summed E-state index contributed by atoms with van der Waals surface area (Å²) in [4.78, 5) is 16.9. The van der Waals surface area contributed by atoms with E-state index in [1.807, 2.05) is 13.8 Å². The first-order valence-corrected chi connectivity index (χ1v) is 15.2. The number of sulfonamides is 2. The molecule has 4 aromatic rings. The third kappa shape index (κ3) is 6.96. The first kappa shape index (κ1) is 28.6. The van der Waals surface area contributed by atoms with Crippen molar-refractivity contribution in [2.75, 3.05) is 27.5 Å². The van der Waals surface area contributed by atoms with Gasteiger partial charge in [0.2, 0.25) is 5.91 Å². The molecule has 1 amide bonds. The molecule has 0 bridgehead atoms. The van der Waals surface area contributed by atoms with Crippen LogP contribution in [-0.2, 0) is 24.8 Å². The Labute approximate surface area is 233 Å². The fourth-order valence-electron chi connectivity index (χ4n) is 3.71. The minimum atomic E-state index is -4.12. The van der Waals surface area contributed by atoms with Gasteiger partial charge in [-0.2, -0.15) is 0 Å². The Balaban J connectivity index is 1.53. The normalized spacial score (nSPS) is 11.4. The lowest BCUT2D eigenvalue weighted by molar-refractivity contribution is -0.114. The van der Waals surface area contributed by atoms with E-state index < -0.39 is 32.5 Å². The molecular formula is C28H28N4O6S2. The van der Waals surface area contributed by atoms with E-state index in [9.17, 15) is 21.6 Å². The molecule has 1 heterocycles. The molecule has 2 N–H and O–H groups in total. The van der Waals surface area contributed by atoms with Crippen LogP contribution in [-0.4, -0.2) is 40.9 Å². The molecule has 0 unspecified atom stereocenters. The van der Waals surface area contributed by atoms with Crippen molar-refractivity contribution >= 4 is 43.0 Å². The summed E-state index contributed by atoms with van der Waals surface area (Å²) in [6.45, 7) is 3.63. The molecule has 0 saturated carbocycles. The molecule has 0 radical (unpaired) electrons. The van der Waals surface area contributed by atoms with Gasteiger partial charge in [-0.3, -0.25) is 18.8 Å². The number of hydrogen-bond donors (Lipinski definition) is 2. The van der Waals surface area contributed by atoms with Crippen molar-refractivity contribution in [3.05, 3.63) is 103 Å². The van der Waals surface area contributed by atoms with Gasteiger partial charge in [-0.15, -0.1) is 0 Å². The standard InChI is InChI=1S/C28H28N4O6S2/c1-3-38-25-12-16-27(17-13-25)40(36,37)32(24-10-6-21(2)7-11-24)20-28(33)30-22-8-14-26(15-9-22)39(34,35)31-23-5-4-18-29-19-23/h4-19,31H,3,20H2,1-2H3,(H,30,33). The fraction of sp³-hybridized carbons (Fsp3) is 0.143. The summed E-state index contributed by atoms with van der Waals surface area (Å²) in [6.07, 6.45) is 2.91. The zero-order valence-corrected chi connectivity index (χ0v) is 23.4. The Morgan fingerprint density at radius 3 is 2.10 bits per heavy atom. The number of pyridine rings is 1. The van der Waals surface area contributed by atoms with Crippen LogP contribution in [0.2, 0.25) is 0 Å². The smallest absolute Gasteiger partial charge is 0.264 e. The SMILES string of the molecule is CCOc1ccc(S(=O)(=O)N(CC(=O)Nc2ccc(S(=O)(=O)Nc3cccnc3)cc2)c2ccc(C)cc2)cc1. The summed E-state index contributed by atoms with van der Waals surface area (Å²) in [5.74, 6) is -0.0821. The van der Waals surface area contributed by atoms with Crippen LogP contribution in [0.1, 0.15) is 12.5 Å². The molecule has 1 aromatic heterocycles. The van der Waals surface area contributed by atoms with E-state index in [-0.39, 0.29) is 9.79 Å². The van der Waals surface area contributed by atoms with Crippen LogP contribution in [0.3, 0.4) is 0 Å². The minimum Gasteiger partial charge on any atom is -0.494 e. The molecule has 4 rings (SSSR count). The number of carbonyl (C=O) groups is 1. The quantitative estimate of drug-likeness (QED) is 0.268. The van der Waals surface area contributed by atoms with Crippen molar-refractivity contribution in [3.63, 3.8) is 0 Å². The largest absolute Gasteiger partial charge is 0.494 e. The van der Waals surface area contributed by atoms with Crippen LogP contribution in [0.5, 0.6) is 5.75 Å². The van der Waals surface area contributed by atoms with E-state index in [1.165, 1.54) is 48.8 Å². The van der Waals surface area contributed by atoms with Crippen molar-refractivity contribution in [2.45, 2.75) is 23.6 Å². The van der Waals surface area contributed by atoms with Gasteiger partial charge in [-0.25, -0.2) is 16.8 Å². The van der Waals surface area contributed by atoms with E-state index in [4.69, 9.17) is 4.74 Å². The molecule has 0 aliphatic rings. The van der Waals surface area contributed by atoms with E-state index >= 15 is 0 Å². The van der Waals surface area contributed by atoms with E-state index in [0.717, 1.165) is 9.87 Å². The minimum absolute atomic E-state index is 0.00000340. The Bertz CT molecular complexity index is 1660. The Morgan fingerprint density at radius 2 is 1.50 bits per heavy atom. The Morgan fingerprint density at radius 1 is 0.850 bits per heavy atom. The Kier molecular flexibility index (Phi) is 8.70. The number of nitrogens with one attached hydrogen (secondary N) is 2. The molecule has 208 valence electrons. The van der Waals surface area contributed by atoms with Crippen molar-refractivity contribution < 1.29 is 26.4 Å². The lowest BCUT2D eigenvalue weighted by Gasteiger charge is -2.24. The van der Waals surface area contributed by atoms with Crippen LogP contribution in [0, 0.1) is 6.92 Å². The molecule has 0 atom stereocenters. The number of amides is 1. The number of hydrogen-bond acceptors (Lipinski definition) is 7. The second kappa shape index (κ2) is 12.2. The van der Waals surface area contributed by atoms with Gasteiger partial charge in [0.1, 0.15) is 12.3 Å². The maximum Gasteiger partial charge on any atom is 0.264 e. The third-order valence-electron chi connectivity index (χ3n) is 5.69.